The average Bonchev–Trinajstić information content (AvgIpc) is 2.59. The first kappa shape index (κ1) is 17.8. The lowest BCUT2D eigenvalue weighted by molar-refractivity contribution is -0.131. The van der Waals surface area contributed by atoms with Crippen molar-refractivity contribution in [3.63, 3.8) is 0 Å². The van der Waals surface area contributed by atoms with Crippen LogP contribution in [0.2, 0.25) is 0 Å². The summed E-state index contributed by atoms with van der Waals surface area (Å²) in [5, 5.41) is 9.40. The second-order valence-corrected chi connectivity index (χ2v) is 6.36. The quantitative estimate of drug-likeness (QED) is 0.848. The molecular weight excluding hydrogens is 338 g/mol. The number of amides is 1. The molecule has 0 saturated carbocycles. The Morgan fingerprint density at radius 3 is 2.69 bits per heavy atom. The van der Waals surface area contributed by atoms with Gasteiger partial charge in [-0.15, -0.1) is 0 Å². The third-order valence-electron chi connectivity index (χ3n) is 4.42. The molecule has 0 radical (unpaired) electrons. The van der Waals surface area contributed by atoms with Gasteiger partial charge < -0.3 is 9.80 Å². The molecule has 2 heterocycles. The van der Waals surface area contributed by atoms with Gasteiger partial charge in [-0.3, -0.25) is 4.79 Å². The topological polar surface area (TPSA) is 60.2 Å². The first-order chi connectivity index (χ1) is 12.4. The van der Waals surface area contributed by atoms with Crippen molar-refractivity contribution < 1.29 is 13.6 Å². The van der Waals surface area contributed by atoms with Crippen LogP contribution in [0.15, 0.2) is 24.3 Å². The van der Waals surface area contributed by atoms with E-state index in [1.807, 2.05) is 19.9 Å². The zero-order valence-electron chi connectivity index (χ0n) is 14.6. The highest BCUT2D eigenvalue weighted by atomic mass is 19.1. The van der Waals surface area contributed by atoms with Gasteiger partial charge in [0, 0.05) is 30.9 Å². The van der Waals surface area contributed by atoms with Crippen LogP contribution in [0, 0.1) is 36.8 Å². The largest absolute Gasteiger partial charge is 0.344 e. The summed E-state index contributed by atoms with van der Waals surface area (Å²) >= 11 is 0. The fourth-order valence-corrected chi connectivity index (χ4v) is 3.11. The number of carbonyl (C=O) groups is 1. The second kappa shape index (κ2) is 7.08. The van der Waals surface area contributed by atoms with E-state index in [1.54, 1.807) is 4.90 Å². The molecule has 1 aliphatic heterocycles. The smallest absolute Gasteiger partial charge is 0.242 e. The number of nitriles is 1. The molecule has 1 aromatic carbocycles. The lowest BCUT2D eigenvalue weighted by atomic mass is 10.1. The summed E-state index contributed by atoms with van der Waals surface area (Å²) in [4.78, 5) is 20.2. The van der Waals surface area contributed by atoms with E-state index in [9.17, 15) is 18.8 Å². The molecule has 0 unspecified atom stereocenters. The number of piperazine rings is 1. The average molecular weight is 356 g/mol. The van der Waals surface area contributed by atoms with E-state index in [2.05, 4.69) is 11.1 Å². The summed E-state index contributed by atoms with van der Waals surface area (Å²) < 4.78 is 27.1. The third-order valence-corrected chi connectivity index (χ3v) is 4.42. The molecule has 1 saturated heterocycles. The molecular formula is C19H18F2N4O. The number of aromatic nitrogens is 1. The number of pyridine rings is 1. The number of carbonyl (C=O) groups excluding carboxylic acids is 1. The maximum absolute atomic E-state index is 13.8. The SMILES string of the molecule is Cc1cc(C)c(C#N)c(N2CCN(Cc3cc(F)ccc3F)C(=O)C2)n1. The summed E-state index contributed by atoms with van der Waals surface area (Å²) in [6, 6.07) is 7.19. The van der Waals surface area contributed by atoms with Crippen LogP contribution in [0.25, 0.3) is 0 Å². The van der Waals surface area contributed by atoms with Gasteiger partial charge in [-0.25, -0.2) is 13.8 Å². The minimum Gasteiger partial charge on any atom is -0.344 e. The van der Waals surface area contributed by atoms with Crippen LogP contribution in [0.3, 0.4) is 0 Å². The number of nitrogens with zero attached hydrogens (tertiary/aromatic N) is 4. The van der Waals surface area contributed by atoms with Crippen molar-refractivity contribution in [3.8, 4) is 6.07 Å². The van der Waals surface area contributed by atoms with Crippen LogP contribution in [0.1, 0.15) is 22.4 Å². The molecule has 1 amide bonds. The minimum absolute atomic E-state index is 0.0155. The molecule has 1 fully saturated rings. The van der Waals surface area contributed by atoms with Crippen molar-refractivity contribution in [3.05, 3.63) is 58.3 Å². The number of hydrogen-bond donors (Lipinski definition) is 0. The van der Waals surface area contributed by atoms with Gasteiger partial charge in [0.25, 0.3) is 0 Å². The molecule has 0 aliphatic carbocycles. The Balaban J connectivity index is 1.78. The van der Waals surface area contributed by atoms with Crippen molar-refractivity contribution in [2.75, 3.05) is 24.5 Å². The summed E-state index contributed by atoms with van der Waals surface area (Å²) in [5.41, 5.74) is 2.18. The van der Waals surface area contributed by atoms with Crippen LogP contribution >= 0.6 is 0 Å². The van der Waals surface area contributed by atoms with Gasteiger partial charge in [-0.2, -0.15) is 5.26 Å². The Kier molecular flexibility index (Phi) is 4.85. The Hall–Kier alpha value is -3.01. The Morgan fingerprint density at radius 2 is 2.00 bits per heavy atom. The zero-order valence-corrected chi connectivity index (χ0v) is 14.6. The molecule has 7 heteroatoms. The fraction of sp³-hybridized carbons (Fsp3) is 0.316. The van der Waals surface area contributed by atoms with E-state index >= 15 is 0 Å². The zero-order chi connectivity index (χ0) is 18.8. The van der Waals surface area contributed by atoms with Gasteiger partial charge in [-0.1, -0.05) is 0 Å². The number of aryl methyl sites for hydroxylation is 2. The van der Waals surface area contributed by atoms with Crippen molar-refractivity contribution in [2.24, 2.45) is 0 Å². The molecule has 1 aliphatic rings. The van der Waals surface area contributed by atoms with Gasteiger partial charge in [0.05, 0.1) is 12.1 Å². The fourth-order valence-electron chi connectivity index (χ4n) is 3.11. The van der Waals surface area contributed by atoms with Gasteiger partial charge in [0.15, 0.2) is 0 Å². The number of halogens is 2. The molecule has 0 atom stereocenters. The van der Waals surface area contributed by atoms with E-state index in [0.717, 1.165) is 29.5 Å². The summed E-state index contributed by atoms with van der Waals surface area (Å²) in [7, 11) is 0. The van der Waals surface area contributed by atoms with Crippen LogP contribution in [0.4, 0.5) is 14.6 Å². The highest BCUT2D eigenvalue weighted by molar-refractivity contribution is 5.83. The predicted molar refractivity (Wildman–Crippen MR) is 92.4 cm³/mol. The molecule has 26 heavy (non-hydrogen) atoms. The molecule has 5 nitrogen and oxygen atoms in total. The molecule has 1 aromatic heterocycles. The molecule has 134 valence electrons. The third kappa shape index (κ3) is 3.49. The lowest BCUT2D eigenvalue weighted by Gasteiger charge is -2.35. The Labute approximate surface area is 150 Å². The normalized spacial score (nSPS) is 14.5. The predicted octanol–water partition coefficient (Wildman–Crippen LogP) is 2.70. The first-order valence-electron chi connectivity index (χ1n) is 8.24. The molecule has 2 aromatic rings. The number of rotatable bonds is 3. The molecule has 3 rings (SSSR count). The van der Waals surface area contributed by atoms with Gasteiger partial charge in [0.1, 0.15) is 23.5 Å². The summed E-state index contributed by atoms with van der Waals surface area (Å²) in [6.45, 7) is 4.54. The van der Waals surface area contributed by atoms with Gasteiger partial charge in [-0.05, 0) is 43.7 Å². The van der Waals surface area contributed by atoms with Crippen molar-refractivity contribution in [1.29, 1.82) is 5.26 Å². The summed E-state index contributed by atoms with van der Waals surface area (Å²) in [5.74, 6) is -0.797. The lowest BCUT2D eigenvalue weighted by Crippen LogP contribution is -2.50. The number of benzene rings is 1. The van der Waals surface area contributed by atoms with Gasteiger partial charge in [0.2, 0.25) is 5.91 Å². The van der Waals surface area contributed by atoms with Crippen molar-refractivity contribution in [1.82, 2.24) is 9.88 Å². The van der Waals surface area contributed by atoms with Crippen LogP contribution in [0.5, 0.6) is 0 Å². The van der Waals surface area contributed by atoms with Crippen LogP contribution in [-0.4, -0.2) is 35.4 Å². The van der Waals surface area contributed by atoms with E-state index in [0.29, 0.717) is 24.5 Å². The molecule has 0 bridgehead atoms. The van der Waals surface area contributed by atoms with Crippen LogP contribution < -0.4 is 4.90 Å². The van der Waals surface area contributed by atoms with Crippen LogP contribution in [-0.2, 0) is 11.3 Å². The molecule has 0 N–H and O–H groups in total. The van der Waals surface area contributed by atoms with E-state index in [4.69, 9.17) is 0 Å². The number of anilines is 1. The number of hydrogen-bond acceptors (Lipinski definition) is 4. The van der Waals surface area contributed by atoms with Crippen molar-refractivity contribution in [2.45, 2.75) is 20.4 Å². The first-order valence-corrected chi connectivity index (χ1v) is 8.24. The minimum atomic E-state index is -0.538. The maximum Gasteiger partial charge on any atom is 0.242 e. The monoisotopic (exact) mass is 356 g/mol. The Bertz CT molecular complexity index is 907. The molecule has 0 spiro atoms. The standard InChI is InChI=1S/C19H18F2N4O/c1-12-7-13(2)23-19(16(12)9-22)25-6-5-24(18(26)11-25)10-14-8-15(20)3-4-17(14)21/h3-4,7-8H,5-6,10-11H2,1-2H3. The Morgan fingerprint density at radius 1 is 1.23 bits per heavy atom. The maximum atomic E-state index is 13.8. The summed E-state index contributed by atoms with van der Waals surface area (Å²) in [6.07, 6.45) is 0. The highest BCUT2D eigenvalue weighted by Crippen LogP contribution is 2.24. The van der Waals surface area contributed by atoms with E-state index in [1.165, 1.54) is 4.90 Å². The van der Waals surface area contributed by atoms with Crippen molar-refractivity contribution >= 4 is 11.7 Å². The second-order valence-electron chi connectivity index (χ2n) is 6.36. The highest BCUT2D eigenvalue weighted by Gasteiger charge is 2.27. The van der Waals surface area contributed by atoms with E-state index in [-0.39, 0.29) is 24.6 Å². The van der Waals surface area contributed by atoms with Gasteiger partial charge >= 0.3 is 0 Å². The van der Waals surface area contributed by atoms with E-state index < -0.39 is 11.6 Å².